The number of halogens is 2. The Labute approximate surface area is 189 Å². The Morgan fingerprint density at radius 2 is 1.97 bits per heavy atom. The van der Waals surface area contributed by atoms with Crippen molar-refractivity contribution in [2.45, 2.75) is 44.9 Å². The summed E-state index contributed by atoms with van der Waals surface area (Å²) in [5.74, 6) is 1.55. The Bertz CT molecular complexity index is 794. The van der Waals surface area contributed by atoms with Gasteiger partial charge >= 0.3 is 0 Å². The number of nitrogens with two attached hydrogens (primary N) is 1. The van der Waals surface area contributed by atoms with E-state index < -0.39 is 6.10 Å². The zero-order valence-corrected chi connectivity index (χ0v) is 18.5. The first-order chi connectivity index (χ1) is 13.7. The van der Waals surface area contributed by atoms with E-state index in [1.54, 1.807) is 6.20 Å². The molecule has 1 aliphatic rings. The van der Waals surface area contributed by atoms with Crippen molar-refractivity contribution in [2.24, 2.45) is 5.73 Å². The average molecular weight is 458 g/mol. The molecule has 2 atom stereocenters. The van der Waals surface area contributed by atoms with Gasteiger partial charge in [-0.2, -0.15) is 0 Å². The average Bonchev–Trinajstić information content (AvgIpc) is 3.22. The number of rotatable bonds is 9. The second-order valence-electron chi connectivity index (χ2n) is 6.64. The normalized spacial score (nSPS) is 17.4. The molecule has 1 amide bonds. The lowest BCUT2D eigenvalue weighted by molar-refractivity contribution is -0.132. The summed E-state index contributed by atoms with van der Waals surface area (Å²) in [6.07, 6.45) is 3.58. The van der Waals surface area contributed by atoms with Gasteiger partial charge in [0.15, 0.2) is 11.5 Å². The first-order valence-electron chi connectivity index (χ1n) is 9.68. The summed E-state index contributed by atoms with van der Waals surface area (Å²) < 4.78 is 17.4. The minimum absolute atomic E-state index is 0. The van der Waals surface area contributed by atoms with Gasteiger partial charge in [-0.05, 0) is 37.5 Å². The van der Waals surface area contributed by atoms with Crippen molar-refractivity contribution in [3.8, 4) is 17.4 Å². The molecule has 0 unspecified atom stereocenters. The third-order valence-electron chi connectivity index (χ3n) is 4.48. The number of ether oxygens (including phenoxy) is 3. The van der Waals surface area contributed by atoms with Crippen molar-refractivity contribution < 1.29 is 19.0 Å². The second kappa shape index (κ2) is 13.3. The molecule has 1 aromatic heterocycles. The molecule has 1 saturated heterocycles. The van der Waals surface area contributed by atoms with E-state index in [4.69, 9.17) is 19.9 Å². The van der Waals surface area contributed by atoms with Gasteiger partial charge in [0.2, 0.25) is 11.8 Å². The molecule has 0 aliphatic carbocycles. The summed E-state index contributed by atoms with van der Waals surface area (Å²) in [6.45, 7) is 3.39. The highest BCUT2D eigenvalue weighted by molar-refractivity contribution is 5.85. The predicted octanol–water partition coefficient (Wildman–Crippen LogP) is 3.63. The Morgan fingerprint density at radius 3 is 2.67 bits per heavy atom. The molecule has 0 bridgehead atoms. The molecular weight excluding hydrogens is 429 g/mol. The lowest BCUT2D eigenvalue weighted by Gasteiger charge is -2.15. The minimum atomic E-state index is -0.447. The molecule has 3 N–H and O–H groups in total. The van der Waals surface area contributed by atoms with Crippen LogP contribution in [0.4, 0.5) is 0 Å². The standard InChI is InChI=1S/C21H27N3O4.2ClH/c1-2-12-26-17-7-3-4-8-18(17)28-21-15(6-5-11-23-21)14-24-20(25)19-10-9-16(13-22)27-19;;/h3-8,11,16,19H,2,9-10,12-14,22H2,1H3,(H,24,25);2*1H/t16-,19+;;/m1../s1. The molecular formula is C21H29Cl2N3O4. The van der Waals surface area contributed by atoms with E-state index in [-0.39, 0.29) is 36.8 Å². The van der Waals surface area contributed by atoms with E-state index in [0.717, 1.165) is 18.4 Å². The zero-order valence-electron chi connectivity index (χ0n) is 16.9. The van der Waals surface area contributed by atoms with Crippen LogP contribution in [-0.4, -0.2) is 36.3 Å². The van der Waals surface area contributed by atoms with Gasteiger partial charge in [0.05, 0.1) is 12.7 Å². The Hall–Kier alpha value is -2.06. The molecule has 0 spiro atoms. The maximum absolute atomic E-state index is 12.4. The van der Waals surface area contributed by atoms with Crippen molar-refractivity contribution >= 4 is 30.7 Å². The van der Waals surface area contributed by atoms with Crippen molar-refractivity contribution in [1.82, 2.24) is 10.3 Å². The number of hydrogen-bond donors (Lipinski definition) is 2. The van der Waals surface area contributed by atoms with Gasteiger partial charge in [0, 0.05) is 24.8 Å². The van der Waals surface area contributed by atoms with Crippen molar-refractivity contribution in [3.05, 3.63) is 48.2 Å². The third-order valence-corrected chi connectivity index (χ3v) is 4.48. The van der Waals surface area contributed by atoms with E-state index in [9.17, 15) is 4.79 Å². The number of amides is 1. The summed E-state index contributed by atoms with van der Waals surface area (Å²) in [5.41, 5.74) is 6.38. The molecule has 7 nitrogen and oxygen atoms in total. The monoisotopic (exact) mass is 457 g/mol. The van der Waals surface area contributed by atoms with Gasteiger partial charge < -0.3 is 25.3 Å². The summed E-state index contributed by atoms with van der Waals surface area (Å²) in [7, 11) is 0. The molecule has 2 heterocycles. The topological polar surface area (TPSA) is 95.7 Å². The maximum atomic E-state index is 12.4. The second-order valence-corrected chi connectivity index (χ2v) is 6.64. The SMILES string of the molecule is CCCOc1ccccc1Oc1ncccc1CNC(=O)[C@@H]1CC[C@H](CN)O1.Cl.Cl. The van der Waals surface area contributed by atoms with Crippen LogP contribution in [0.15, 0.2) is 42.6 Å². The van der Waals surface area contributed by atoms with Crippen LogP contribution in [0.1, 0.15) is 31.7 Å². The van der Waals surface area contributed by atoms with Gasteiger partial charge in [-0.25, -0.2) is 4.98 Å². The van der Waals surface area contributed by atoms with Gasteiger partial charge in [0.1, 0.15) is 6.10 Å². The summed E-state index contributed by atoms with van der Waals surface area (Å²) >= 11 is 0. The van der Waals surface area contributed by atoms with Crippen LogP contribution in [-0.2, 0) is 16.1 Å². The van der Waals surface area contributed by atoms with E-state index in [2.05, 4.69) is 10.3 Å². The number of para-hydroxylation sites is 2. The van der Waals surface area contributed by atoms with Gasteiger partial charge in [-0.1, -0.05) is 25.1 Å². The van der Waals surface area contributed by atoms with E-state index in [0.29, 0.717) is 43.5 Å². The molecule has 0 radical (unpaired) electrons. The Morgan fingerprint density at radius 1 is 1.20 bits per heavy atom. The number of hydrogen-bond acceptors (Lipinski definition) is 6. The fourth-order valence-corrected chi connectivity index (χ4v) is 2.99. The fraction of sp³-hybridized carbons (Fsp3) is 0.429. The summed E-state index contributed by atoms with van der Waals surface area (Å²) in [5, 5.41) is 2.90. The highest BCUT2D eigenvalue weighted by Gasteiger charge is 2.29. The Balaban J connectivity index is 0.00000225. The molecule has 2 aromatic rings. The minimum Gasteiger partial charge on any atom is -0.490 e. The lowest BCUT2D eigenvalue weighted by atomic mass is 10.2. The summed E-state index contributed by atoms with van der Waals surface area (Å²) in [6, 6.07) is 11.2. The van der Waals surface area contributed by atoms with Gasteiger partial charge in [-0.3, -0.25) is 4.79 Å². The number of carbonyl (C=O) groups is 1. The van der Waals surface area contributed by atoms with E-state index in [1.165, 1.54) is 0 Å². The highest BCUT2D eigenvalue weighted by Crippen LogP contribution is 2.32. The van der Waals surface area contributed by atoms with Gasteiger partial charge in [-0.15, -0.1) is 24.8 Å². The molecule has 0 saturated carbocycles. The number of aromatic nitrogens is 1. The van der Waals surface area contributed by atoms with Gasteiger partial charge in [0.25, 0.3) is 0 Å². The first kappa shape index (κ1) is 26.0. The molecule has 30 heavy (non-hydrogen) atoms. The molecule has 9 heteroatoms. The van der Waals surface area contributed by atoms with Crippen LogP contribution in [0.2, 0.25) is 0 Å². The molecule has 166 valence electrons. The van der Waals surface area contributed by atoms with Crippen molar-refractivity contribution in [3.63, 3.8) is 0 Å². The van der Waals surface area contributed by atoms with Crippen LogP contribution >= 0.6 is 24.8 Å². The zero-order chi connectivity index (χ0) is 19.8. The third kappa shape index (κ3) is 7.02. The number of pyridine rings is 1. The molecule has 1 aromatic carbocycles. The summed E-state index contributed by atoms with van der Waals surface area (Å²) in [4.78, 5) is 16.7. The van der Waals surface area contributed by atoms with E-state index in [1.807, 2.05) is 43.3 Å². The molecule has 1 aliphatic heterocycles. The number of nitrogens with one attached hydrogen (secondary N) is 1. The maximum Gasteiger partial charge on any atom is 0.249 e. The van der Waals surface area contributed by atoms with Crippen LogP contribution in [0.25, 0.3) is 0 Å². The fourth-order valence-electron chi connectivity index (χ4n) is 2.99. The first-order valence-corrected chi connectivity index (χ1v) is 9.68. The number of nitrogens with zero attached hydrogens (tertiary/aromatic N) is 1. The van der Waals surface area contributed by atoms with Crippen LogP contribution in [0.3, 0.4) is 0 Å². The van der Waals surface area contributed by atoms with Crippen molar-refractivity contribution in [1.29, 1.82) is 0 Å². The largest absolute Gasteiger partial charge is 0.490 e. The van der Waals surface area contributed by atoms with Crippen molar-refractivity contribution in [2.75, 3.05) is 13.2 Å². The Kier molecular flexibility index (Phi) is 11.5. The lowest BCUT2D eigenvalue weighted by Crippen LogP contribution is -2.35. The highest BCUT2D eigenvalue weighted by atomic mass is 35.5. The molecule has 3 rings (SSSR count). The van der Waals surface area contributed by atoms with E-state index >= 15 is 0 Å². The number of carbonyl (C=O) groups excluding carboxylic acids is 1. The quantitative estimate of drug-likeness (QED) is 0.596. The smallest absolute Gasteiger partial charge is 0.249 e. The van der Waals surface area contributed by atoms with Crippen LogP contribution in [0.5, 0.6) is 17.4 Å². The predicted molar refractivity (Wildman–Crippen MR) is 120 cm³/mol. The number of benzene rings is 1. The van der Waals surface area contributed by atoms with Crippen LogP contribution < -0.4 is 20.5 Å². The van der Waals surface area contributed by atoms with Crippen LogP contribution in [0, 0.1) is 0 Å². The molecule has 1 fully saturated rings.